The first-order valence-corrected chi connectivity index (χ1v) is 6.47. The Morgan fingerprint density at radius 3 is 2.35 bits per heavy atom. The molecule has 1 aromatic carbocycles. The summed E-state index contributed by atoms with van der Waals surface area (Å²) >= 11 is 0. The summed E-state index contributed by atoms with van der Waals surface area (Å²) in [5.41, 5.74) is 0.652. The van der Waals surface area contributed by atoms with Gasteiger partial charge in [0.1, 0.15) is 11.6 Å². The SMILES string of the molecule is Cc1cc(OC2CC(C)CC(C)C2)ccc1F. The van der Waals surface area contributed by atoms with Crippen LogP contribution in [0.3, 0.4) is 0 Å². The third-order valence-corrected chi connectivity index (χ3v) is 3.57. The summed E-state index contributed by atoms with van der Waals surface area (Å²) < 4.78 is 19.1. The van der Waals surface area contributed by atoms with Gasteiger partial charge in [0, 0.05) is 0 Å². The summed E-state index contributed by atoms with van der Waals surface area (Å²) in [4.78, 5) is 0. The van der Waals surface area contributed by atoms with Gasteiger partial charge in [-0.1, -0.05) is 13.8 Å². The van der Waals surface area contributed by atoms with Gasteiger partial charge in [-0.15, -0.1) is 0 Å². The lowest BCUT2D eigenvalue weighted by atomic mass is 9.82. The van der Waals surface area contributed by atoms with Crippen molar-refractivity contribution in [2.24, 2.45) is 11.8 Å². The molecule has 0 saturated heterocycles. The zero-order valence-corrected chi connectivity index (χ0v) is 10.9. The van der Waals surface area contributed by atoms with Gasteiger partial charge >= 0.3 is 0 Å². The molecule has 0 heterocycles. The molecule has 0 radical (unpaired) electrons. The predicted octanol–water partition coefficient (Wildman–Crippen LogP) is 4.34. The lowest BCUT2D eigenvalue weighted by molar-refractivity contribution is 0.101. The highest BCUT2D eigenvalue weighted by Gasteiger charge is 2.25. The van der Waals surface area contributed by atoms with Crippen LogP contribution < -0.4 is 4.74 Å². The van der Waals surface area contributed by atoms with Crippen LogP contribution in [-0.4, -0.2) is 6.10 Å². The Labute approximate surface area is 103 Å². The molecule has 1 saturated carbocycles. The third-order valence-electron chi connectivity index (χ3n) is 3.57. The van der Waals surface area contributed by atoms with Gasteiger partial charge in [0.05, 0.1) is 6.10 Å². The molecule has 94 valence electrons. The van der Waals surface area contributed by atoms with Crippen LogP contribution in [0, 0.1) is 24.6 Å². The summed E-state index contributed by atoms with van der Waals surface area (Å²) in [6, 6.07) is 5.01. The molecule has 1 nitrogen and oxygen atoms in total. The molecule has 1 aliphatic carbocycles. The zero-order valence-electron chi connectivity index (χ0n) is 10.9. The van der Waals surface area contributed by atoms with Gasteiger partial charge in [-0.25, -0.2) is 4.39 Å². The van der Waals surface area contributed by atoms with Gasteiger partial charge in [0.25, 0.3) is 0 Å². The molecule has 1 aromatic rings. The summed E-state index contributed by atoms with van der Waals surface area (Å²) in [5, 5.41) is 0. The third kappa shape index (κ3) is 3.21. The molecule has 1 fully saturated rings. The van der Waals surface area contributed by atoms with Crippen molar-refractivity contribution in [3.8, 4) is 5.75 Å². The van der Waals surface area contributed by atoms with Crippen molar-refractivity contribution in [1.29, 1.82) is 0 Å². The van der Waals surface area contributed by atoms with Gasteiger partial charge < -0.3 is 4.74 Å². The van der Waals surface area contributed by atoms with Gasteiger partial charge in [0.15, 0.2) is 0 Å². The second kappa shape index (κ2) is 5.07. The quantitative estimate of drug-likeness (QED) is 0.742. The molecule has 1 aliphatic rings. The molecule has 0 aromatic heterocycles. The van der Waals surface area contributed by atoms with E-state index in [0.29, 0.717) is 11.7 Å². The van der Waals surface area contributed by atoms with Crippen LogP contribution in [0.5, 0.6) is 5.75 Å². The predicted molar refractivity (Wildman–Crippen MR) is 67.7 cm³/mol. The molecular formula is C15H21FO. The average Bonchev–Trinajstić information content (AvgIpc) is 2.22. The smallest absolute Gasteiger partial charge is 0.126 e. The first-order valence-electron chi connectivity index (χ1n) is 6.47. The van der Waals surface area contributed by atoms with Crippen molar-refractivity contribution in [3.63, 3.8) is 0 Å². The fourth-order valence-electron chi connectivity index (χ4n) is 2.85. The molecule has 2 heteroatoms. The van der Waals surface area contributed by atoms with Gasteiger partial charge in [-0.2, -0.15) is 0 Å². The number of benzene rings is 1. The molecule has 0 N–H and O–H groups in total. The topological polar surface area (TPSA) is 9.23 Å². The Morgan fingerprint density at radius 1 is 1.12 bits per heavy atom. The highest BCUT2D eigenvalue weighted by Crippen LogP contribution is 2.31. The molecule has 0 aliphatic heterocycles. The van der Waals surface area contributed by atoms with Crippen LogP contribution >= 0.6 is 0 Å². The van der Waals surface area contributed by atoms with Crippen LogP contribution in [0.25, 0.3) is 0 Å². The van der Waals surface area contributed by atoms with Gasteiger partial charge in [-0.3, -0.25) is 0 Å². The fourth-order valence-corrected chi connectivity index (χ4v) is 2.85. The largest absolute Gasteiger partial charge is 0.490 e. The first-order chi connectivity index (χ1) is 8.04. The minimum atomic E-state index is -0.164. The minimum absolute atomic E-state index is 0.164. The standard InChI is InChI=1S/C15H21FO/c1-10-6-11(2)8-14(7-10)17-13-4-5-15(16)12(3)9-13/h4-5,9-11,14H,6-8H2,1-3H3. The van der Waals surface area contributed by atoms with E-state index in [4.69, 9.17) is 4.74 Å². The normalized spacial score (nSPS) is 29.1. The molecular weight excluding hydrogens is 215 g/mol. The van der Waals surface area contributed by atoms with Gasteiger partial charge in [0.2, 0.25) is 0 Å². The van der Waals surface area contributed by atoms with E-state index in [0.717, 1.165) is 30.4 Å². The summed E-state index contributed by atoms with van der Waals surface area (Å²) in [6.45, 7) is 6.33. The van der Waals surface area contributed by atoms with Crippen molar-refractivity contribution in [2.45, 2.75) is 46.1 Å². The number of aryl methyl sites for hydroxylation is 1. The Morgan fingerprint density at radius 2 is 1.76 bits per heavy atom. The highest BCUT2D eigenvalue weighted by atomic mass is 19.1. The lowest BCUT2D eigenvalue weighted by Crippen LogP contribution is -2.28. The van der Waals surface area contributed by atoms with Crippen molar-refractivity contribution >= 4 is 0 Å². The number of hydrogen-bond donors (Lipinski definition) is 0. The monoisotopic (exact) mass is 236 g/mol. The Hall–Kier alpha value is -1.05. The summed E-state index contributed by atoms with van der Waals surface area (Å²) in [5.74, 6) is 2.09. The molecule has 2 atom stereocenters. The molecule has 0 amide bonds. The van der Waals surface area contributed by atoms with E-state index in [9.17, 15) is 4.39 Å². The van der Waals surface area contributed by atoms with Gasteiger partial charge in [-0.05, 0) is 61.8 Å². The van der Waals surface area contributed by atoms with Crippen LogP contribution in [-0.2, 0) is 0 Å². The second-order valence-electron chi connectivity index (χ2n) is 5.57. The van der Waals surface area contributed by atoms with Crippen LogP contribution in [0.2, 0.25) is 0 Å². The van der Waals surface area contributed by atoms with E-state index in [2.05, 4.69) is 13.8 Å². The van der Waals surface area contributed by atoms with Crippen molar-refractivity contribution < 1.29 is 9.13 Å². The zero-order chi connectivity index (χ0) is 12.4. The van der Waals surface area contributed by atoms with Crippen molar-refractivity contribution in [2.75, 3.05) is 0 Å². The highest BCUT2D eigenvalue weighted by molar-refractivity contribution is 5.29. The number of rotatable bonds is 2. The Bertz CT molecular complexity index is 379. The molecule has 0 bridgehead atoms. The van der Waals surface area contributed by atoms with E-state index in [1.165, 1.54) is 12.5 Å². The first kappa shape index (κ1) is 12.4. The lowest BCUT2D eigenvalue weighted by Gasteiger charge is -2.31. The van der Waals surface area contributed by atoms with Crippen LogP contribution in [0.1, 0.15) is 38.7 Å². The average molecular weight is 236 g/mol. The maximum Gasteiger partial charge on any atom is 0.126 e. The van der Waals surface area contributed by atoms with E-state index < -0.39 is 0 Å². The fraction of sp³-hybridized carbons (Fsp3) is 0.600. The second-order valence-corrected chi connectivity index (χ2v) is 5.57. The number of halogens is 1. The molecule has 0 spiro atoms. The molecule has 2 unspecified atom stereocenters. The number of hydrogen-bond acceptors (Lipinski definition) is 1. The molecule has 17 heavy (non-hydrogen) atoms. The van der Waals surface area contributed by atoms with E-state index in [1.807, 2.05) is 0 Å². The Kier molecular flexibility index (Phi) is 3.70. The maximum absolute atomic E-state index is 13.1. The maximum atomic E-state index is 13.1. The summed E-state index contributed by atoms with van der Waals surface area (Å²) in [7, 11) is 0. The van der Waals surface area contributed by atoms with E-state index >= 15 is 0 Å². The van der Waals surface area contributed by atoms with Crippen molar-refractivity contribution in [3.05, 3.63) is 29.6 Å². The van der Waals surface area contributed by atoms with E-state index in [1.54, 1.807) is 19.1 Å². The van der Waals surface area contributed by atoms with Crippen LogP contribution in [0.15, 0.2) is 18.2 Å². The molecule has 2 rings (SSSR count). The summed E-state index contributed by atoms with van der Waals surface area (Å²) in [6.07, 6.45) is 3.81. The van der Waals surface area contributed by atoms with E-state index in [-0.39, 0.29) is 5.82 Å². The van der Waals surface area contributed by atoms with Crippen LogP contribution in [0.4, 0.5) is 4.39 Å². The van der Waals surface area contributed by atoms with Crippen molar-refractivity contribution in [1.82, 2.24) is 0 Å². The Balaban J connectivity index is 2.02. The number of ether oxygens (including phenoxy) is 1. The minimum Gasteiger partial charge on any atom is -0.490 e.